The second kappa shape index (κ2) is 6.22. The standard InChI is InChI=1S/C15H13BrClN3S/c1-20-7-6-18-15(20)14(13-3-2-8-21-13)19-12-9-10(17)4-5-11(12)16/h2-9,14,19H,1H3. The molecule has 6 heteroatoms. The van der Waals surface area contributed by atoms with Gasteiger partial charge in [-0.1, -0.05) is 17.7 Å². The summed E-state index contributed by atoms with van der Waals surface area (Å²) >= 11 is 11.4. The van der Waals surface area contributed by atoms with Crippen LogP contribution in [0.15, 0.2) is 52.6 Å². The molecule has 1 N–H and O–H groups in total. The summed E-state index contributed by atoms with van der Waals surface area (Å²) in [6.07, 6.45) is 3.76. The second-order valence-corrected chi connectivity index (χ2v) is 6.88. The fourth-order valence-electron chi connectivity index (χ4n) is 2.14. The van der Waals surface area contributed by atoms with E-state index in [9.17, 15) is 0 Å². The van der Waals surface area contributed by atoms with Crippen LogP contribution < -0.4 is 5.32 Å². The Hall–Kier alpha value is -1.30. The lowest BCUT2D eigenvalue weighted by Crippen LogP contribution is -2.15. The van der Waals surface area contributed by atoms with Crippen LogP contribution in [0.2, 0.25) is 5.02 Å². The van der Waals surface area contributed by atoms with Crippen LogP contribution in [0.3, 0.4) is 0 Å². The van der Waals surface area contributed by atoms with Gasteiger partial charge in [0.2, 0.25) is 0 Å². The van der Waals surface area contributed by atoms with Crippen LogP contribution >= 0.6 is 38.9 Å². The third-order valence-electron chi connectivity index (χ3n) is 3.17. The Bertz CT molecular complexity index is 739. The summed E-state index contributed by atoms with van der Waals surface area (Å²) in [5.74, 6) is 0.962. The van der Waals surface area contributed by atoms with Gasteiger partial charge < -0.3 is 9.88 Å². The lowest BCUT2D eigenvalue weighted by Gasteiger charge is -2.19. The Morgan fingerprint density at radius 2 is 2.24 bits per heavy atom. The molecule has 0 aliphatic carbocycles. The minimum atomic E-state index is -0.0141. The number of nitrogens with zero attached hydrogens (tertiary/aromatic N) is 2. The van der Waals surface area contributed by atoms with Gasteiger partial charge in [-0.25, -0.2) is 4.98 Å². The molecule has 0 radical (unpaired) electrons. The van der Waals surface area contributed by atoms with Gasteiger partial charge in [-0.05, 0) is 45.6 Å². The monoisotopic (exact) mass is 381 g/mol. The number of anilines is 1. The molecule has 0 aliphatic heterocycles. The van der Waals surface area contributed by atoms with Gasteiger partial charge >= 0.3 is 0 Å². The zero-order chi connectivity index (χ0) is 14.8. The first-order valence-corrected chi connectivity index (χ1v) is 8.42. The first-order valence-electron chi connectivity index (χ1n) is 6.37. The van der Waals surface area contributed by atoms with Gasteiger partial charge in [0.05, 0.1) is 5.69 Å². The van der Waals surface area contributed by atoms with Crippen LogP contribution in [0.1, 0.15) is 16.7 Å². The molecule has 1 unspecified atom stereocenters. The maximum atomic E-state index is 6.10. The van der Waals surface area contributed by atoms with Crippen LogP contribution in [0.5, 0.6) is 0 Å². The molecule has 0 bridgehead atoms. The molecule has 3 rings (SSSR count). The Labute approximate surface area is 140 Å². The van der Waals surface area contributed by atoms with Gasteiger partial charge in [-0.15, -0.1) is 11.3 Å². The number of rotatable bonds is 4. The number of hydrogen-bond donors (Lipinski definition) is 1. The second-order valence-electron chi connectivity index (χ2n) is 4.61. The summed E-state index contributed by atoms with van der Waals surface area (Å²) in [5, 5.41) is 6.30. The molecule has 1 atom stereocenters. The lowest BCUT2D eigenvalue weighted by molar-refractivity contribution is 0.756. The average molecular weight is 383 g/mol. The highest BCUT2D eigenvalue weighted by Gasteiger charge is 2.20. The Morgan fingerprint density at radius 1 is 1.38 bits per heavy atom. The SMILES string of the molecule is Cn1ccnc1C(Nc1cc(Cl)ccc1Br)c1cccs1. The van der Waals surface area contributed by atoms with E-state index in [-0.39, 0.29) is 6.04 Å². The third-order valence-corrected chi connectivity index (χ3v) is 5.04. The molecule has 3 aromatic rings. The molecule has 1 aromatic carbocycles. The number of nitrogens with one attached hydrogen (secondary N) is 1. The van der Waals surface area contributed by atoms with E-state index < -0.39 is 0 Å². The first kappa shape index (κ1) is 14.6. The third kappa shape index (κ3) is 3.15. The average Bonchev–Trinajstić information content (AvgIpc) is 3.11. The van der Waals surface area contributed by atoms with E-state index in [1.807, 2.05) is 48.3 Å². The topological polar surface area (TPSA) is 29.9 Å². The van der Waals surface area contributed by atoms with Crippen molar-refractivity contribution < 1.29 is 0 Å². The molecule has 2 aromatic heterocycles. The van der Waals surface area contributed by atoms with Crippen molar-refractivity contribution in [1.82, 2.24) is 9.55 Å². The Balaban J connectivity index is 2.01. The van der Waals surface area contributed by atoms with Gasteiger partial charge in [-0.3, -0.25) is 0 Å². The first-order chi connectivity index (χ1) is 10.1. The molecule has 0 saturated heterocycles. The number of aryl methyl sites for hydroxylation is 1. The minimum absolute atomic E-state index is 0.0141. The number of hydrogen-bond acceptors (Lipinski definition) is 3. The summed E-state index contributed by atoms with van der Waals surface area (Å²) in [4.78, 5) is 5.68. The van der Waals surface area contributed by atoms with Crippen molar-refractivity contribution in [3.63, 3.8) is 0 Å². The molecule has 0 aliphatic rings. The summed E-state index contributed by atoms with van der Waals surface area (Å²) in [6.45, 7) is 0. The largest absolute Gasteiger partial charge is 0.370 e. The number of aromatic nitrogens is 2. The van der Waals surface area contributed by atoms with Crippen molar-refractivity contribution >= 4 is 44.6 Å². The molecule has 0 saturated carbocycles. The minimum Gasteiger partial charge on any atom is -0.370 e. The quantitative estimate of drug-likeness (QED) is 0.680. The maximum Gasteiger partial charge on any atom is 0.136 e. The zero-order valence-electron chi connectivity index (χ0n) is 11.3. The molecule has 21 heavy (non-hydrogen) atoms. The molecule has 0 fully saturated rings. The molecule has 0 amide bonds. The lowest BCUT2D eigenvalue weighted by atomic mass is 10.2. The molecule has 0 spiro atoms. The van der Waals surface area contributed by atoms with E-state index in [2.05, 4.69) is 37.7 Å². The molecule has 3 nitrogen and oxygen atoms in total. The molecular formula is C15H13BrClN3S. The summed E-state index contributed by atoms with van der Waals surface area (Å²) in [6, 6.07) is 9.85. The highest BCUT2D eigenvalue weighted by molar-refractivity contribution is 9.10. The molecule has 108 valence electrons. The fraction of sp³-hybridized carbons (Fsp3) is 0.133. The van der Waals surface area contributed by atoms with Crippen molar-refractivity contribution in [2.75, 3.05) is 5.32 Å². The van der Waals surface area contributed by atoms with Crippen molar-refractivity contribution in [3.8, 4) is 0 Å². The summed E-state index contributed by atoms with van der Waals surface area (Å²) in [5.41, 5.74) is 0.948. The van der Waals surface area contributed by atoms with E-state index >= 15 is 0 Å². The number of thiophene rings is 1. The van der Waals surface area contributed by atoms with Crippen LogP contribution in [0, 0.1) is 0 Å². The highest BCUT2D eigenvalue weighted by atomic mass is 79.9. The van der Waals surface area contributed by atoms with Crippen molar-refractivity contribution in [2.24, 2.45) is 7.05 Å². The Kier molecular flexibility index (Phi) is 4.33. The zero-order valence-corrected chi connectivity index (χ0v) is 14.4. The number of imidazole rings is 1. The molecular weight excluding hydrogens is 370 g/mol. The van der Waals surface area contributed by atoms with E-state index in [0.717, 1.165) is 16.0 Å². The predicted octanol–water partition coefficient (Wildman–Crippen LogP) is 5.10. The predicted molar refractivity (Wildman–Crippen MR) is 92.1 cm³/mol. The normalized spacial score (nSPS) is 12.3. The van der Waals surface area contributed by atoms with Gasteiger partial charge in [0.25, 0.3) is 0 Å². The van der Waals surface area contributed by atoms with Crippen LogP contribution in [0.4, 0.5) is 5.69 Å². The van der Waals surface area contributed by atoms with Gasteiger partial charge in [0, 0.05) is 33.8 Å². The fourth-order valence-corrected chi connectivity index (χ4v) is 3.44. The van der Waals surface area contributed by atoms with Crippen LogP contribution in [-0.4, -0.2) is 9.55 Å². The van der Waals surface area contributed by atoms with Gasteiger partial charge in [0.15, 0.2) is 0 Å². The van der Waals surface area contributed by atoms with Crippen LogP contribution in [-0.2, 0) is 7.05 Å². The van der Waals surface area contributed by atoms with E-state index in [4.69, 9.17) is 11.6 Å². The van der Waals surface area contributed by atoms with Crippen LogP contribution in [0.25, 0.3) is 0 Å². The summed E-state index contributed by atoms with van der Waals surface area (Å²) in [7, 11) is 2.00. The smallest absolute Gasteiger partial charge is 0.136 e. The maximum absolute atomic E-state index is 6.10. The summed E-state index contributed by atoms with van der Waals surface area (Å²) < 4.78 is 3.00. The number of halogens is 2. The highest BCUT2D eigenvalue weighted by Crippen LogP contribution is 2.33. The molecule has 2 heterocycles. The Morgan fingerprint density at radius 3 is 2.90 bits per heavy atom. The number of benzene rings is 1. The van der Waals surface area contributed by atoms with E-state index in [0.29, 0.717) is 5.02 Å². The van der Waals surface area contributed by atoms with E-state index in [1.165, 1.54) is 4.88 Å². The van der Waals surface area contributed by atoms with Crippen molar-refractivity contribution in [3.05, 3.63) is 68.3 Å². The van der Waals surface area contributed by atoms with Gasteiger partial charge in [-0.2, -0.15) is 0 Å². The van der Waals surface area contributed by atoms with E-state index in [1.54, 1.807) is 11.3 Å². The van der Waals surface area contributed by atoms with Crippen molar-refractivity contribution in [1.29, 1.82) is 0 Å². The van der Waals surface area contributed by atoms with Crippen molar-refractivity contribution in [2.45, 2.75) is 6.04 Å². The van der Waals surface area contributed by atoms with Gasteiger partial charge in [0.1, 0.15) is 11.9 Å².